The maximum absolute atomic E-state index is 12.4. The molecule has 25 heavy (non-hydrogen) atoms. The quantitative estimate of drug-likeness (QED) is 0.881. The highest BCUT2D eigenvalue weighted by Gasteiger charge is 2.34. The van der Waals surface area contributed by atoms with Crippen molar-refractivity contribution < 1.29 is 27.9 Å². The van der Waals surface area contributed by atoms with E-state index < -0.39 is 29.3 Å². The molecule has 1 aromatic carbocycles. The average Bonchev–Trinajstić information content (AvgIpc) is 2.54. The predicted octanol–water partition coefficient (Wildman–Crippen LogP) is 3.11. The summed E-state index contributed by atoms with van der Waals surface area (Å²) < 4.78 is 37.2. The highest BCUT2D eigenvalue weighted by Crippen LogP contribution is 2.26. The van der Waals surface area contributed by atoms with Gasteiger partial charge in [0, 0.05) is 18.1 Å². The van der Waals surface area contributed by atoms with Crippen LogP contribution >= 0.6 is 0 Å². The number of carboxylic acid groups (broad SMARTS) is 1. The van der Waals surface area contributed by atoms with Gasteiger partial charge in [0.15, 0.2) is 0 Å². The van der Waals surface area contributed by atoms with Crippen molar-refractivity contribution >= 4 is 17.6 Å². The summed E-state index contributed by atoms with van der Waals surface area (Å²) in [7, 11) is 0. The number of nitrogens with zero attached hydrogens (tertiary/aromatic N) is 2. The first-order valence-corrected chi connectivity index (χ1v) is 7.06. The minimum Gasteiger partial charge on any atom is -0.481 e. The fourth-order valence-corrected chi connectivity index (χ4v) is 1.89. The smallest absolute Gasteiger partial charge is 0.451 e. The van der Waals surface area contributed by atoms with Crippen molar-refractivity contribution in [2.24, 2.45) is 0 Å². The number of rotatable bonds is 4. The summed E-state index contributed by atoms with van der Waals surface area (Å²) in [6, 6.07) is 6.10. The number of aromatic nitrogens is 2. The van der Waals surface area contributed by atoms with Gasteiger partial charge in [0.2, 0.25) is 5.82 Å². The Balaban J connectivity index is 2.12. The number of aliphatic carboxylic acids is 1. The van der Waals surface area contributed by atoms with Gasteiger partial charge < -0.3 is 10.4 Å². The third-order valence-corrected chi connectivity index (χ3v) is 3.57. The molecular weight excluding hydrogens is 339 g/mol. The monoisotopic (exact) mass is 353 g/mol. The van der Waals surface area contributed by atoms with Crippen LogP contribution in [-0.2, 0) is 16.4 Å². The molecule has 2 aromatic rings. The molecule has 9 heteroatoms. The van der Waals surface area contributed by atoms with Crippen LogP contribution < -0.4 is 5.32 Å². The molecular formula is C16H14F3N3O3. The van der Waals surface area contributed by atoms with Crippen molar-refractivity contribution in [1.82, 2.24) is 9.97 Å². The lowest BCUT2D eigenvalue weighted by Gasteiger charge is -2.19. The van der Waals surface area contributed by atoms with Crippen LogP contribution in [0.5, 0.6) is 0 Å². The third kappa shape index (κ3) is 4.11. The molecule has 0 aliphatic heterocycles. The van der Waals surface area contributed by atoms with Gasteiger partial charge in [-0.1, -0.05) is 12.1 Å². The highest BCUT2D eigenvalue weighted by atomic mass is 19.4. The van der Waals surface area contributed by atoms with Crippen LogP contribution in [-0.4, -0.2) is 27.0 Å². The molecule has 1 aromatic heterocycles. The van der Waals surface area contributed by atoms with Gasteiger partial charge in [-0.25, -0.2) is 9.97 Å². The van der Waals surface area contributed by atoms with Crippen molar-refractivity contribution in [2.75, 3.05) is 5.32 Å². The van der Waals surface area contributed by atoms with E-state index >= 15 is 0 Å². The van der Waals surface area contributed by atoms with Crippen LogP contribution in [0.4, 0.5) is 18.9 Å². The predicted molar refractivity (Wildman–Crippen MR) is 82.1 cm³/mol. The number of hydrogen-bond donors (Lipinski definition) is 2. The zero-order valence-electron chi connectivity index (χ0n) is 13.3. The number of alkyl halides is 3. The molecule has 0 bridgehead atoms. The number of carboxylic acids is 1. The van der Waals surface area contributed by atoms with Crippen molar-refractivity contribution in [3.8, 4) is 0 Å². The summed E-state index contributed by atoms with van der Waals surface area (Å²) in [4.78, 5) is 29.4. The Bertz CT molecular complexity index is 785. The molecule has 1 heterocycles. The van der Waals surface area contributed by atoms with E-state index in [1.54, 1.807) is 26.0 Å². The van der Waals surface area contributed by atoms with Gasteiger partial charge in [0.25, 0.3) is 5.91 Å². The number of halogens is 3. The molecule has 0 unspecified atom stereocenters. The maximum atomic E-state index is 12.4. The summed E-state index contributed by atoms with van der Waals surface area (Å²) >= 11 is 0. The van der Waals surface area contributed by atoms with Crippen LogP contribution in [0.3, 0.4) is 0 Å². The minimum atomic E-state index is -4.68. The lowest BCUT2D eigenvalue weighted by Crippen LogP contribution is -2.28. The molecule has 6 nitrogen and oxygen atoms in total. The van der Waals surface area contributed by atoms with Crippen molar-refractivity contribution in [2.45, 2.75) is 25.4 Å². The fraction of sp³-hybridized carbons (Fsp3) is 0.250. The second kappa shape index (κ2) is 6.50. The molecule has 2 N–H and O–H groups in total. The van der Waals surface area contributed by atoms with Gasteiger partial charge in [0.1, 0.15) is 0 Å². The molecule has 2 rings (SSSR count). The number of nitrogens with one attached hydrogen (secondary N) is 1. The number of benzene rings is 1. The summed E-state index contributed by atoms with van der Waals surface area (Å²) in [5.74, 6) is -3.01. The van der Waals surface area contributed by atoms with E-state index in [2.05, 4.69) is 15.3 Å². The van der Waals surface area contributed by atoms with Crippen LogP contribution in [0.1, 0.15) is 35.6 Å². The molecule has 1 amide bonds. The van der Waals surface area contributed by atoms with Crippen LogP contribution in [0.2, 0.25) is 0 Å². The Labute approximate surface area is 140 Å². The Hall–Kier alpha value is -2.97. The molecule has 0 saturated heterocycles. The number of anilines is 1. The molecule has 0 aliphatic rings. The standard InChI is InChI=1S/C16H14F3N3O3/c1-15(2,14(24)25)10-3-5-11(6-4-10)22-12(23)9-7-20-13(21-8-9)16(17,18)19/h3-8H,1-2H3,(H,22,23)(H,24,25). The SMILES string of the molecule is CC(C)(C(=O)O)c1ccc(NC(=O)c2cnc(C(F)(F)F)nc2)cc1. The van der Waals surface area contributed by atoms with Crippen LogP contribution in [0.15, 0.2) is 36.7 Å². The normalized spacial score (nSPS) is 11.9. The maximum Gasteiger partial charge on any atom is 0.451 e. The fourth-order valence-electron chi connectivity index (χ4n) is 1.89. The summed E-state index contributed by atoms with van der Waals surface area (Å²) in [5, 5.41) is 11.7. The Morgan fingerprint density at radius 3 is 2.00 bits per heavy atom. The van der Waals surface area contributed by atoms with E-state index in [0.717, 1.165) is 12.4 Å². The van der Waals surface area contributed by atoms with E-state index in [1.165, 1.54) is 12.1 Å². The zero-order valence-corrected chi connectivity index (χ0v) is 13.3. The second-order valence-corrected chi connectivity index (χ2v) is 5.75. The summed E-state index contributed by atoms with van der Waals surface area (Å²) in [6.07, 6.45) is -3.11. The topological polar surface area (TPSA) is 92.2 Å². The number of carbonyl (C=O) groups excluding carboxylic acids is 1. The van der Waals surface area contributed by atoms with Gasteiger partial charge in [-0.05, 0) is 31.5 Å². The average molecular weight is 353 g/mol. The lowest BCUT2D eigenvalue weighted by molar-refractivity contribution is -0.145. The summed E-state index contributed by atoms with van der Waals surface area (Å²) in [5.41, 5.74) is -0.335. The minimum absolute atomic E-state index is 0.136. The van der Waals surface area contributed by atoms with Crippen molar-refractivity contribution in [1.29, 1.82) is 0 Å². The van der Waals surface area contributed by atoms with E-state index in [0.29, 0.717) is 11.3 Å². The second-order valence-electron chi connectivity index (χ2n) is 5.75. The van der Waals surface area contributed by atoms with Crippen molar-refractivity contribution in [3.63, 3.8) is 0 Å². The Kier molecular flexibility index (Phi) is 4.78. The number of amides is 1. The molecule has 0 atom stereocenters. The molecule has 132 valence electrons. The van der Waals surface area contributed by atoms with E-state index in [1.807, 2.05) is 0 Å². The van der Waals surface area contributed by atoms with Gasteiger partial charge in [-0.15, -0.1) is 0 Å². The largest absolute Gasteiger partial charge is 0.481 e. The van der Waals surface area contributed by atoms with E-state index in [9.17, 15) is 27.9 Å². The Morgan fingerprint density at radius 2 is 1.56 bits per heavy atom. The molecule has 0 fully saturated rings. The molecule has 0 radical (unpaired) electrons. The first-order valence-electron chi connectivity index (χ1n) is 7.06. The highest BCUT2D eigenvalue weighted by molar-refractivity contribution is 6.03. The van der Waals surface area contributed by atoms with Crippen molar-refractivity contribution in [3.05, 3.63) is 53.6 Å². The van der Waals surface area contributed by atoms with Crippen LogP contribution in [0.25, 0.3) is 0 Å². The third-order valence-electron chi connectivity index (χ3n) is 3.57. The van der Waals surface area contributed by atoms with E-state index in [-0.39, 0.29) is 5.56 Å². The number of hydrogen-bond acceptors (Lipinski definition) is 4. The summed E-state index contributed by atoms with van der Waals surface area (Å²) in [6.45, 7) is 3.09. The van der Waals surface area contributed by atoms with Gasteiger partial charge in [0.05, 0.1) is 11.0 Å². The molecule has 0 spiro atoms. The number of carbonyl (C=O) groups is 2. The first kappa shape index (κ1) is 18.4. The van der Waals surface area contributed by atoms with Crippen LogP contribution in [0, 0.1) is 0 Å². The molecule has 0 aliphatic carbocycles. The van der Waals surface area contributed by atoms with E-state index in [4.69, 9.17) is 0 Å². The van der Waals surface area contributed by atoms with Gasteiger partial charge in [-0.2, -0.15) is 13.2 Å². The molecule has 0 saturated carbocycles. The lowest BCUT2D eigenvalue weighted by atomic mass is 9.85. The first-order chi connectivity index (χ1) is 11.5. The van der Waals surface area contributed by atoms with Gasteiger partial charge >= 0.3 is 12.1 Å². The van der Waals surface area contributed by atoms with Gasteiger partial charge in [-0.3, -0.25) is 9.59 Å². The Morgan fingerprint density at radius 1 is 1.04 bits per heavy atom. The zero-order chi connectivity index (χ0) is 18.8.